The number of alkyl halides is 6. The molecule has 0 N–H and O–H groups in total. The van der Waals surface area contributed by atoms with Crippen LogP contribution in [-0.4, -0.2) is 25.3 Å². The molecule has 1 heterocycles. The molecule has 1 amide bonds. The number of halogens is 6. The van der Waals surface area contributed by atoms with Crippen molar-refractivity contribution in [2.45, 2.75) is 58.6 Å². The maximum absolute atomic E-state index is 13.5. The highest BCUT2D eigenvalue weighted by Crippen LogP contribution is 2.44. The maximum atomic E-state index is 13.5. The van der Waals surface area contributed by atoms with E-state index >= 15 is 0 Å². The van der Waals surface area contributed by atoms with Gasteiger partial charge in [-0.1, -0.05) is 6.92 Å². The zero-order valence-corrected chi connectivity index (χ0v) is 20.1. The number of fused-ring (bicyclic) bond motifs is 1. The van der Waals surface area contributed by atoms with Crippen LogP contribution in [0.1, 0.15) is 54.1 Å². The van der Waals surface area contributed by atoms with Crippen LogP contribution in [0.2, 0.25) is 0 Å². The van der Waals surface area contributed by atoms with E-state index in [0.717, 1.165) is 11.1 Å². The van der Waals surface area contributed by atoms with Crippen molar-refractivity contribution in [1.29, 1.82) is 5.26 Å². The summed E-state index contributed by atoms with van der Waals surface area (Å²) in [4.78, 5) is 15.7. The van der Waals surface area contributed by atoms with Gasteiger partial charge in [0.25, 0.3) is 0 Å². The summed E-state index contributed by atoms with van der Waals surface area (Å²) in [6.45, 7) is 7.13. The standard InChI is InChI=1S/C25H25F6N3O2/c1-5-19-13-33(20-7-14(3)15(4)8-21(20)34(19)23(35)36-6-2)22(12-32)16-9-17(24(26,27)28)11-18(10-16)25(29,30)31/h7-11,19,22H,5-6,13H2,1-4H3/t19?,22-/m0/s1. The Labute approximate surface area is 204 Å². The van der Waals surface area contributed by atoms with E-state index in [0.29, 0.717) is 29.9 Å². The van der Waals surface area contributed by atoms with Gasteiger partial charge in [0.05, 0.1) is 41.2 Å². The van der Waals surface area contributed by atoms with Gasteiger partial charge in [-0.2, -0.15) is 31.6 Å². The number of amides is 1. The molecule has 2 atom stereocenters. The van der Waals surface area contributed by atoms with Crippen molar-refractivity contribution in [2.75, 3.05) is 23.0 Å². The zero-order valence-electron chi connectivity index (χ0n) is 20.1. The van der Waals surface area contributed by atoms with Crippen molar-refractivity contribution in [2.24, 2.45) is 0 Å². The number of benzene rings is 2. The molecule has 0 aromatic heterocycles. The van der Waals surface area contributed by atoms with Gasteiger partial charge in [0.15, 0.2) is 0 Å². The predicted octanol–water partition coefficient (Wildman–Crippen LogP) is 7.17. The molecule has 194 valence electrons. The van der Waals surface area contributed by atoms with Crippen LogP contribution in [0.3, 0.4) is 0 Å². The zero-order chi connectivity index (χ0) is 27.0. The highest BCUT2D eigenvalue weighted by atomic mass is 19.4. The first-order valence-corrected chi connectivity index (χ1v) is 11.3. The molecule has 0 saturated heterocycles. The summed E-state index contributed by atoms with van der Waals surface area (Å²) in [5, 5.41) is 10.0. The average Bonchev–Trinajstić information content (AvgIpc) is 2.79. The van der Waals surface area contributed by atoms with E-state index < -0.39 is 47.2 Å². The van der Waals surface area contributed by atoms with E-state index in [4.69, 9.17) is 4.74 Å². The highest BCUT2D eigenvalue weighted by molar-refractivity contribution is 5.95. The molecule has 0 fully saturated rings. The molecule has 2 aromatic rings. The van der Waals surface area contributed by atoms with E-state index in [2.05, 4.69) is 0 Å². The number of aryl methyl sites for hydroxylation is 2. The first kappa shape index (κ1) is 27.2. The van der Waals surface area contributed by atoms with Crippen LogP contribution in [0.4, 0.5) is 42.5 Å². The summed E-state index contributed by atoms with van der Waals surface area (Å²) in [6, 6.07) is 4.43. The van der Waals surface area contributed by atoms with Crippen molar-refractivity contribution in [3.63, 3.8) is 0 Å². The number of rotatable bonds is 4. The number of anilines is 2. The maximum Gasteiger partial charge on any atom is 0.416 e. The second kappa shape index (κ2) is 9.91. The van der Waals surface area contributed by atoms with Crippen LogP contribution in [-0.2, 0) is 17.1 Å². The van der Waals surface area contributed by atoms with Gasteiger partial charge < -0.3 is 9.64 Å². The Morgan fingerprint density at radius 1 is 1.00 bits per heavy atom. The van der Waals surface area contributed by atoms with Crippen LogP contribution in [0.25, 0.3) is 0 Å². The summed E-state index contributed by atoms with van der Waals surface area (Å²) in [5.74, 6) is 0. The van der Waals surface area contributed by atoms with Crippen LogP contribution < -0.4 is 9.80 Å². The fourth-order valence-electron chi connectivity index (χ4n) is 4.27. The van der Waals surface area contributed by atoms with E-state index in [9.17, 15) is 36.4 Å². The second-order valence-corrected chi connectivity index (χ2v) is 8.58. The van der Waals surface area contributed by atoms with Crippen molar-refractivity contribution in [1.82, 2.24) is 0 Å². The smallest absolute Gasteiger partial charge is 0.416 e. The lowest BCUT2D eigenvalue weighted by Gasteiger charge is -2.44. The molecule has 2 aromatic carbocycles. The molecule has 3 rings (SSSR count). The normalized spacial score (nSPS) is 16.9. The highest BCUT2D eigenvalue weighted by Gasteiger charge is 2.41. The van der Waals surface area contributed by atoms with Gasteiger partial charge in [-0.15, -0.1) is 0 Å². The number of nitrogens with zero attached hydrogens (tertiary/aromatic N) is 3. The average molecular weight is 513 g/mol. The van der Waals surface area contributed by atoms with Crippen molar-refractivity contribution in [3.8, 4) is 6.07 Å². The number of carbonyl (C=O) groups is 1. The van der Waals surface area contributed by atoms with Gasteiger partial charge in [0.2, 0.25) is 0 Å². The summed E-state index contributed by atoms with van der Waals surface area (Å²) in [7, 11) is 0. The molecule has 0 radical (unpaired) electrons. The van der Waals surface area contributed by atoms with Gasteiger partial charge in [0.1, 0.15) is 6.04 Å². The molecule has 0 spiro atoms. The molecule has 36 heavy (non-hydrogen) atoms. The number of ether oxygens (including phenoxy) is 1. The molecular formula is C25H25F6N3O2. The number of hydrogen-bond acceptors (Lipinski definition) is 4. The van der Waals surface area contributed by atoms with Gasteiger partial charge in [-0.3, -0.25) is 4.90 Å². The summed E-state index contributed by atoms with van der Waals surface area (Å²) < 4.78 is 86.1. The van der Waals surface area contributed by atoms with Crippen LogP contribution in [0.15, 0.2) is 30.3 Å². The van der Waals surface area contributed by atoms with Crippen LogP contribution in [0, 0.1) is 25.2 Å². The van der Waals surface area contributed by atoms with Crippen molar-refractivity contribution in [3.05, 3.63) is 58.1 Å². The van der Waals surface area contributed by atoms with Gasteiger partial charge in [-0.05, 0) is 74.2 Å². The predicted molar refractivity (Wildman–Crippen MR) is 122 cm³/mol. The quantitative estimate of drug-likeness (QED) is 0.407. The second-order valence-electron chi connectivity index (χ2n) is 8.58. The topological polar surface area (TPSA) is 56.6 Å². The summed E-state index contributed by atoms with van der Waals surface area (Å²) in [6.07, 6.45) is -10.3. The Bertz CT molecular complexity index is 1150. The first-order valence-electron chi connectivity index (χ1n) is 11.3. The van der Waals surface area contributed by atoms with E-state index in [-0.39, 0.29) is 19.2 Å². The van der Waals surface area contributed by atoms with Crippen molar-refractivity contribution >= 4 is 17.5 Å². The fraction of sp³-hybridized carbons (Fsp3) is 0.440. The monoisotopic (exact) mass is 513 g/mol. The Hall–Kier alpha value is -3.42. The molecule has 0 bridgehead atoms. The minimum Gasteiger partial charge on any atom is -0.449 e. The molecule has 0 aliphatic carbocycles. The third-order valence-corrected chi connectivity index (χ3v) is 6.23. The SMILES string of the molecule is CCOC(=O)N1c2cc(C)c(C)cc2N([C@@H](C#N)c2cc(C(F)(F)F)cc(C(F)(F)F)c2)CC1CC. The lowest BCUT2D eigenvalue weighted by molar-refractivity contribution is -0.143. The number of carbonyl (C=O) groups excluding carboxylic acids is 1. The summed E-state index contributed by atoms with van der Waals surface area (Å²) >= 11 is 0. The van der Waals surface area contributed by atoms with E-state index in [1.807, 2.05) is 13.0 Å². The third-order valence-electron chi connectivity index (χ3n) is 6.23. The fourth-order valence-corrected chi connectivity index (χ4v) is 4.27. The van der Waals surface area contributed by atoms with Crippen molar-refractivity contribution < 1.29 is 35.9 Å². The molecule has 11 heteroatoms. The molecule has 1 unspecified atom stereocenters. The summed E-state index contributed by atoms with van der Waals surface area (Å²) in [5.41, 5.74) is -1.13. The molecule has 1 aliphatic heterocycles. The minimum absolute atomic E-state index is 0.000634. The number of hydrogen-bond donors (Lipinski definition) is 0. The largest absolute Gasteiger partial charge is 0.449 e. The Morgan fingerprint density at radius 2 is 1.53 bits per heavy atom. The van der Waals surface area contributed by atoms with Crippen LogP contribution >= 0.6 is 0 Å². The Kier molecular flexibility index (Phi) is 7.48. The lowest BCUT2D eigenvalue weighted by atomic mass is 9.95. The van der Waals surface area contributed by atoms with Gasteiger partial charge >= 0.3 is 18.4 Å². The number of nitriles is 1. The molecule has 0 saturated carbocycles. The lowest BCUT2D eigenvalue weighted by Crippen LogP contribution is -2.52. The van der Waals surface area contributed by atoms with Gasteiger partial charge in [0, 0.05) is 6.54 Å². The van der Waals surface area contributed by atoms with E-state index in [1.165, 1.54) is 9.80 Å². The molecule has 5 nitrogen and oxygen atoms in total. The minimum atomic E-state index is -5.05. The van der Waals surface area contributed by atoms with Gasteiger partial charge in [-0.25, -0.2) is 4.79 Å². The Morgan fingerprint density at radius 3 is 1.97 bits per heavy atom. The molecule has 1 aliphatic rings. The Balaban J connectivity index is 2.24. The first-order chi connectivity index (χ1) is 16.7. The van der Waals surface area contributed by atoms with E-state index in [1.54, 1.807) is 32.9 Å². The van der Waals surface area contributed by atoms with Crippen LogP contribution in [0.5, 0.6) is 0 Å². The molecular weight excluding hydrogens is 488 g/mol. The third kappa shape index (κ3) is 5.22.